The van der Waals surface area contributed by atoms with Crippen LogP contribution in [0.4, 0.5) is 0 Å². The molecule has 2 amide bonds. The second kappa shape index (κ2) is 6.79. The molecule has 2 aliphatic heterocycles. The topological polar surface area (TPSA) is 40.6 Å². The average molecular weight is 372 g/mol. The normalized spacial score (nSPS) is 16.6. The molecule has 0 radical (unpaired) electrons. The summed E-state index contributed by atoms with van der Waals surface area (Å²) < 4.78 is 0. The van der Waals surface area contributed by atoms with Crippen molar-refractivity contribution >= 4 is 23.2 Å². The van der Waals surface area contributed by atoms with Crippen molar-refractivity contribution in [3.05, 3.63) is 81.9 Å². The number of rotatable bonds is 4. The van der Waals surface area contributed by atoms with E-state index < -0.39 is 0 Å². The molecule has 0 saturated heterocycles. The van der Waals surface area contributed by atoms with E-state index in [0.29, 0.717) is 22.5 Å². The van der Waals surface area contributed by atoms with Crippen molar-refractivity contribution in [2.75, 3.05) is 14.1 Å². The fourth-order valence-corrected chi connectivity index (χ4v) is 4.00. The highest BCUT2D eigenvalue weighted by Crippen LogP contribution is 2.45. The van der Waals surface area contributed by atoms with Crippen LogP contribution in [-0.2, 0) is 22.4 Å². The number of likely N-dealkylation sites (N-methyl/N-ethyl adjacent to an activating group) is 2. The van der Waals surface area contributed by atoms with Gasteiger partial charge in [-0.05, 0) is 35.1 Å². The summed E-state index contributed by atoms with van der Waals surface area (Å²) in [6.07, 6.45) is 1.90. The Morgan fingerprint density at radius 3 is 1.21 bits per heavy atom. The van der Waals surface area contributed by atoms with Gasteiger partial charge in [0.25, 0.3) is 11.8 Å². The van der Waals surface area contributed by atoms with E-state index in [1.807, 2.05) is 24.3 Å². The molecule has 0 unspecified atom stereocenters. The number of benzene rings is 2. The molecule has 4 rings (SSSR count). The number of hydrogen-bond acceptors (Lipinski definition) is 2. The van der Waals surface area contributed by atoms with Crippen LogP contribution < -0.4 is 0 Å². The van der Waals surface area contributed by atoms with E-state index in [2.05, 4.69) is 38.1 Å². The predicted molar refractivity (Wildman–Crippen MR) is 111 cm³/mol. The fourth-order valence-electron chi connectivity index (χ4n) is 4.00. The molecule has 0 aromatic heterocycles. The highest BCUT2D eigenvalue weighted by atomic mass is 16.2. The lowest BCUT2D eigenvalue weighted by Gasteiger charge is -2.20. The summed E-state index contributed by atoms with van der Waals surface area (Å²) in [6.45, 7) is 4.21. The molecule has 2 heterocycles. The maximum absolute atomic E-state index is 13.1. The van der Waals surface area contributed by atoms with Gasteiger partial charge in [-0.2, -0.15) is 0 Å². The first-order chi connectivity index (χ1) is 13.5. The standard InChI is InChI=1S/C24H24N2O2/c1-5-15-7-11-17(12-8-15)21-19-20(24(28)25(21)3)22(26(4)23(19)27)18-13-9-16(6-2)10-14-18/h7-14H,5-6H2,1-4H3. The van der Waals surface area contributed by atoms with Crippen LogP contribution in [0.3, 0.4) is 0 Å². The number of carbonyl (C=O) groups excluding carboxylic acids is 2. The Hall–Kier alpha value is -3.14. The molecule has 2 aliphatic rings. The van der Waals surface area contributed by atoms with Crippen LogP contribution in [0.25, 0.3) is 11.4 Å². The molecule has 0 fully saturated rings. The van der Waals surface area contributed by atoms with E-state index >= 15 is 0 Å². The molecule has 2 aromatic rings. The van der Waals surface area contributed by atoms with Crippen molar-refractivity contribution in [3.63, 3.8) is 0 Å². The summed E-state index contributed by atoms with van der Waals surface area (Å²) in [6, 6.07) is 16.2. The van der Waals surface area contributed by atoms with Gasteiger partial charge in [0.2, 0.25) is 0 Å². The summed E-state index contributed by atoms with van der Waals surface area (Å²) in [5.41, 5.74) is 6.64. The van der Waals surface area contributed by atoms with E-state index in [-0.39, 0.29) is 11.8 Å². The van der Waals surface area contributed by atoms with Gasteiger partial charge in [0.15, 0.2) is 0 Å². The van der Waals surface area contributed by atoms with Crippen molar-refractivity contribution in [2.24, 2.45) is 0 Å². The van der Waals surface area contributed by atoms with Crippen molar-refractivity contribution in [1.82, 2.24) is 9.80 Å². The maximum atomic E-state index is 13.1. The highest BCUT2D eigenvalue weighted by molar-refractivity contribution is 6.30. The van der Waals surface area contributed by atoms with E-state index in [1.54, 1.807) is 23.9 Å². The summed E-state index contributed by atoms with van der Waals surface area (Å²) >= 11 is 0. The molecule has 0 saturated carbocycles. The van der Waals surface area contributed by atoms with Crippen LogP contribution in [0.5, 0.6) is 0 Å². The number of nitrogens with zero attached hydrogens (tertiary/aromatic N) is 2. The molecule has 142 valence electrons. The Labute approximate surface area is 165 Å². The summed E-state index contributed by atoms with van der Waals surface area (Å²) in [5, 5.41) is 0. The van der Waals surface area contributed by atoms with Crippen LogP contribution in [0.15, 0.2) is 59.7 Å². The Morgan fingerprint density at radius 1 is 0.607 bits per heavy atom. The molecule has 0 bridgehead atoms. The number of aryl methyl sites for hydroxylation is 2. The first-order valence-corrected chi connectivity index (χ1v) is 9.71. The lowest BCUT2D eigenvalue weighted by atomic mass is 10.0. The zero-order valence-electron chi connectivity index (χ0n) is 16.7. The van der Waals surface area contributed by atoms with Crippen LogP contribution in [0.2, 0.25) is 0 Å². The molecule has 4 nitrogen and oxygen atoms in total. The predicted octanol–water partition coefficient (Wildman–Crippen LogP) is 3.88. The van der Waals surface area contributed by atoms with Gasteiger partial charge >= 0.3 is 0 Å². The van der Waals surface area contributed by atoms with Gasteiger partial charge in [-0.1, -0.05) is 62.4 Å². The third kappa shape index (κ3) is 2.60. The smallest absolute Gasteiger partial charge is 0.261 e. The second-order valence-corrected chi connectivity index (χ2v) is 7.28. The highest BCUT2D eigenvalue weighted by Gasteiger charge is 2.46. The molecule has 4 heteroatoms. The number of carbonyl (C=O) groups is 2. The minimum absolute atomic E-state index is 0.128. The van der Waals surface area contributed by atoms with Gasteiger partial charge in [-0.15, -0.1) is 0 Å². The van der Waals surface area contributed by atoms with Crippen molar-refractivity contribution < 1.29 is 9.59 Å². The quantitative estimate of drug-likeness (QED) is 0.817. The summed E-state index contributed by atoms with van der Waals surface area (Å²) in [5.74, 6) is -0.256. The van der Waals surface area contributed by atoms with E-state index in [4.69, 9.17) is 0 Å². The minimum Gasteiger partial charge on any atom is -0.310 e. The van der Waals surface area contributed by atoms with Crippen LogP contribution in [0, 0.1) is 0 Å². The number of fused-ring (bicyclic) bond motifs is 1. The van der Waals surface area contributed by atoms with Gasteiger partial charge in [0.05, 0.1) is 22.5 Å². The van der Waals surface area contributed by atoms with Crippen LogP contribution in [0.1, 0.15) is 36.1 Å². The van der Waals surface area contributed by atoms with Gasteiger partial charge in [0.1, 0.15) is 0 Å². The molecular weight excluding hydrogens is 348 g/mol. The molecule has 2 aromatic carbocycles. The van der Waals surface area contributed by atoms with Gasteiger partial charge in [-0.3, -0.25) is 9.59 Å². The Morgan fingerprint density at radius 2 is 0.929 bits per heavy atom. The maximum Gasteiger partial charge on any atom is 0.261 e. The van der Waals surface area contributed by atoms with Crippen LogP contribution in [-0.4, -0.2) is 35.7 Å². The summed E-state index contributed by atoms with van der Waals surface area (Å²) in [4.78, 5) is 29.5. The zero-order chi connectivity index (χ0) is 20.0. The van der Waals surface area contributed by atoms with Crippen LogP contribution >= 0.6 is 0 Å². The van der Waals surface area contributed by atoms with Crippen molar-refractivity contribution in [3.8, 4) is 0 Å². The molecular formula is C24H24N2O2. The zero-order valence-corrected chi connectivity index (χ0v) is 16.7. The lowest BCUT2D eigenvalue weighted by molar-refractivity contribution is -0.123. The third-order valence-electron chi connectivity index (χ3n) is 5.70. The first-order valence-electron chi connectivity index (χ1n) is 9.71. The number of hydrogen-bond donors (Lipinski definition) is 0. The molecule has 0 spiro atoms. The SMILES string of the molecule is CCc1ccc(C2=C3C(=O)N(C)C(c4ccc(CC)cc4)=C3C(=O)N2C)cc1. The molecule has 28 heavy (non-hydrogen) atoms. The van der Waals surface area contributed by atoms with Crippen molar-refractivity contribution in [2.45, 2.75) is 26.7 Å². The van der Waals surface area contributed by atoms with E-state index in [0.717, 1.165) is 24.0 Å². The Balaban J connectivity index is 1.91. The third-order valence-corrected chi connectivity index (χ3v) is 5.70. The largest absolute Gasteiger partial charge is 0.310 e. The second-order valence-electron chi connectivity index (χ2n) is 7.28. The monoisotopic (exact) mass is 372 g/mol. The Bertz CT molecular complexity index is 942. The molecule has 0 N–H and O–H groups in total. The molecule has 0 atom stereocenters. The minimum atomic E-state index is -0.128. The van der Waals surface area contributed by atoms with Gasteiger partial charge in [-0.25, -0.2) is 0 Å². The molecule has 0 aliphatic carbocycles. The van der Waals surface area contributed by atoms with E-state index in [1.165, 1.54) is 11.1 Å². The first kappa shape index (κ1) is 18.2. The fraction of sp³-hybridized carbons (Fsp3) is 0.250. The summed E-state index contributed by atoms with van der Waals surface area (Å²) in [7, 11) is 3.49. The number of amides is 2. The average Bonchev–Trinajstić information content (AvgIpc) is 3.13. The lowest BCUT2D eigenvalue weighted by Crippen LogP contribution is -2.25. The van der Waals surface area contributed by atoms with E-state index in [9.17, 15) is 9.59 Å². The van der Waals surface area contributed by atoms with Gasteiger partial charge in [0, 0.05) is 14.1 Å². The van der Waals surface area contributed by atoms with Crippen molar-refractivity contribution in [1.29, 1.82) is 0 Å². The van der Waals surface area contributed by atoms with Gasteiger partial charge < -0.3 is 9.80 Å². The Kier molecular flexibility index (Phi) is 4.42.